The smallest absolute Gasteiger partial charge is 0.362 e. The molecule has 51 heavy (non-hydrogen) atoms. The molecule has 0 aromatic carbocycles. The lowest BCUT2D eigenvalue weighted by molar-refractivity contribution is -0.887. The van der Waals surface area contributed by atoms with E-state index in [0.717, 1.165) is 57.8 Å². The van der Waals surface area contributed by atoms with Gasteiger partial charge < -0.3 is 23.8 Å². The van der Waals surface area contributed by atoms with Crippen LogP contribution in [0.15, 0.2) is 60.8 Å². The van der Waals surface area contributed by atoms with E-state index < -0.39 is 18.1 Å². The quantitative estimate of drug-likeness (QED) is 0.0233. The molecule has 8 heteroatoms. The van der Waals surface area contributed by atoms with Gasteiger partial charge in [-0.3, -0.25) is 9.59 Å². The van der Waals surface area contributed by atoms with Gasteiger partial charge in [0.2, 0.25) is 0 Å². The third-order valence-corrected chi connectivity index (χ3v) is 8.43. The SMILES string of the molecule is CC/C=C/C/C=C/C/C=C/CCCC(=O)OC(COCCC(C(=O)O)[N+](C)(C)C)COC(=O)CCCCC/C=C/C=C/CCCCCCCCC. The van der Waals surface area contributed by atoms with Gasteiger partial charge in [-0.1, -0.05) is 120 Å². The van der Waals surface area contributed by atoms with Crippen LogP contribution in [0.4, 0.5) is 0 Å². The monoisotopic (exact) mass is 717 g/mol. The Kier molecular flexibility index (Phi) is 32.1. The molecule has 0 aliphatic rings. The zero-order chi connectivity index (χ0) is 37.8. The number of rotatable bonds is 34. The van der Waals surface area contributed by atoms with E-state index in [9.17, 15) is 19.5 Å². The van der Waals surface area contributed by atoms with Crippen LogP contribution < -0.4 is 0 Å². The first-order valence-corrected chi connectivity index (χ1v) is 19.8. The van der Waals surface area contributed by atoms with Crippen LogP contribution in [0.1, 0.15) is 142 Å². The standard InChI is InChI=1S/C43H73NO7/c1-6-8-10-12-14-16-18-19-20-21-22-24-25-27-29-31-33-41(45)50-38-39(37-49-36-35-40(43(47)48)44(3,4)5)51-42(46)34-32-30-28-26-23-17-15-13-11-9-7-2/h9,11,15,17,20-22,24,26,28,39-40H,6-8,10,12-14,16,18-19,23,25,27,29-38H2,1-5H3/p+1/b11-9+,17-15+,21-20+,24-22+,28-26+. The summed E-state index contributed by atoms with van der Waals surface area (Å²) in [4.78, 5) is 36.8. The Morgan fingerprint density at radius 3 is 1.78 bits per heavy atom. The number of hydrogen-bond acceptors (Lipinski definition) is 6. The third kappa shape index (κ3) is 32.7. The number of carbonyl (C=O) groups excluding carboxylic acids is 2. The number of allylic oxidation sites excluding steroid dienone is 10. The van der Waals surface area contributed by atoms with Gasteiger partial charge in [-0.15, -0.1) is 0 Å². The lowest BCUT2D eigenvalue weighted by atomic mass is 10.1. The minimum atomic E-state index is -0.890. The Morgan fingerprint density at radius 2 is 1.18 bits per heavy atom. The molecule has 0 saturated carbocycles. The summed E-state index contributed by atoms with van der Waals surface area (Å²) in [5, 5.41) is 9.58. The van der Waals surface area contributed by atoms with E-state index in [-0.39, 0.29) is 42.7 Å². The Morgan fingerprint density at radius 1 is 0.627 bits per heavy atom. The lowest BCUT2D eigenvalue weighted by Crippen LogP contribution is -2.50. The summed E-state index contributed by atoms with van der Waals surface area (Å²) < 4.78 is 17.1. The van der Waals surface area contributed by atoms with Crippen LogP contribution in [0.2, 0.25) is 0 Å². The number of carbonyl (C=O) groups is 3. The Balaban J connectivity index is 4.50. The maximum Gasteiger partial charge on any atom is 0.362 e. The first kappa shape index (κ1) is 48.0. The number of aliphatic carboxylic acids is 1. The molecule has 0 fully saturated rings. The van der Waals surface area contributed by atoms with Gasteiger partial charge in [-0.25, -0.2) is 4.79 Å². The molecular formula is C43H74NO7+. The number of likely N-dealkylation sites (N-methyl/N-ethyl adjacent to an activating group) is 1. The van der Waals surface area contributed by atoms with Crippen molar-refractivity contribution in [2.75, 3.05) is 41.0 Å². The first-order chi connectivity index (χ1) is 24.6. The van der Waals surface area contributed by atoms with Crippen LogP contribution in [-0.4, -0.2) is 80.6 Å². The molecule has 0 rings (SSSR count). The van der Waals surface area contributed by atoms with E-state index in [0.29, 0.717) is 19.3 Å². The molecule has 2 unspecified atom stereocenters. The molecule has 0 heterocycles. The van der Waals surface area contributed by atoms with Crippen LogP contribution in [-0.2, 0) is 28.6 Å². The van der Waals surface area contributed by atoms with Gasteiger partial charge in [0.15, 0.2) is 12.1 Å². The van der Waals surface area contributed by atoms with Crippen molar-refractivity contribution >= 4 is 17.9 Å². The molecule has 8 nitrogen and oxygen atoms in total. The summed E-state index contributed by atoms with van der Waals surface area (Å²) in [7, 11) is 5.48. The molecule has 1 N–H and O–H groups in total. The predicted octanol–water partition coefficient (Wildman–Crippen LogP) is 10.2. The molecule has 0 bridgehead atoms. The number of unbranched alkanes of at least 4 members (excludes halogenated alkanes) is 11. The molecule has 0 amide bonds. The van der Waals surface area contributed by atoms with Crippen molar-refractivity contribution in [3.63, 3.8) is 0 Å². The number of hydrogen-bond donors (Lipinski definition) is 1. The highest BCUT2D eigenvalue weighted by Crippen LogP contribution is 2.11. The molecule has 0 aromatic heterocycles. The van der Waals surface area contributed by atoms with E-state index in [4.69, 9.17) is 14.2 Å². The molecule has 0 aliphatic heterocycles. The third-order valence-electron chi connectivity index (χ3n) is 8.43. The van der Waals surface area contributed by atoms with Crippen molar-refractivity contribution in [1.29, 1.82) is 0 Å². The summed E-state index contributed by atoms with van der Waals surface area (Å²) in [6.45, 7) is 4.50. The number of ether oxygens (including phenoxy) is 3. The molecule has 2 atom stereocenters. The van der Waals surface area contributed by atoms with Gasteiger partial charge in [-0.2, -0.15) is 0 Å². The summed E-state index contributed by atoms with van der Waals surface area (Å²) in [5.41, 5.74) is 0. The van der Waals surface area contributed by atoms with Gasteiger partial charge >= 0.3 is 17.9 Å². The topological polar surface area (TPSA) is 99.1 Å². The Bertz CT molecular complexity index is 1020. The van der Waals surface area contributed by atoms with Crippen molar-refractivity contribution in [3.8, 4) is 0 Å². The number of esters is 2. The summed E-state index contributed by atoms with van der Waals surface area (Å²) in [6.07, 6.45) is 40.0. The van der Waals surface area contributed by atoms with Crippen LogP contribution in [0.3, 0.4) is 0 Å². The van der Waals surface area contributed by atoms with E-state index >= 15 is 0 Å². The minimum Gasteiger partial charge on any atom is -0.477 e. The normalized spacial score (nSPS) is 13.7. The number of carboxylic acid groups (broad SMARTS) is 1. The van der Waals surface area contributed by atoms with Crippen LogP contribution in [0, 0.1) is 0 Å². The van der Waals surface area contributed by atoms with Gasteiger partial charge in [0.05, 0.1) is 34.4 Å². The molecule has 0 spiro atoms. The van der Waals surface area contributed by atoms with Crippen LogP contribution >= 0.6 is 0 Å². The summed E-state index contributed by atoms with van der Waals surface area (Å²) in [6, 6.07) is -0.628. The van der Waals surface area contributed by atoms with Crippen LogP contribution in [0.5, 0.6) is 0 Å². The maximum absolute atomic E-state index is 12.6. The second-order valence-corrected chi connectivity index (χ2v) is 14.2. The van der Waals surface area contributed by atoms with Crippen molar-refractivity contribution < 1.29 is 38.2 Å². The first-order valence-electron chi connectivity index (χ1n) is 19.8. The van der Waals surface area contributed by atoms with E-state index in [1.165, 1.54) is 44.9 Å². The molecule has 0 aliphatic carbocycles. The number of carboxylic acids is 1. The zero-order valence-corrected chi connectivity index (χ0v) is 33.0. The van der Waals surface area contributed by atoms with Gasteiger partial charge in [0.1, 0.15) is 6.61 Å². The van der Waals surface area contributed by atoms with Crippen LogP contribution in [0.25, 0.3) is 0 Å². The van der Waals surface area contributed by atoms with E-state index in [2.05, 4.69) is 74.6 Å². The zero-order valence-electron chi connectivity index (χ0n) is 33.0. The fraction of sp³-hybridized carbons (Fsp3) is 0.698. The van der Waals surface area contributed by atoms with Crippen molar-refractivity contribution in [2.45, 2.75) is 154 Å². The largest absolute Gasteiger partial charge is 0.477 e. The second kappa shape index (κ2) is 34.1. The maximum atomic E-state index is 12.6. The Hall–Kier alpha value is -2.97. The predicted molar refractivity (Wildman–Crippen MR) is 211 cm³/mol. The number of quaternary nitrogens is 1. The lowest BCUT2D eigenvalue weighted by Gasteiger charge is -2.31. The highest BCUT2D eigenvalue weighted by atomic mass is 16.6. The Labute approximate surface area is 311 Å². The van der Waals surface area contributed by atoms with Crippen molar-refractivity contribution in [3.05, 3.63) is 60.8 Å². The molecule has 292 valence electrons. The van der Waals surface area contributed by atoms with E-state index in [1.807, 2.05) is 21.1 Å². The van der Waals surface area contributed by atoms with Gasteiger partial charge in [0, 0.05) is 19.3 Å². The molecule has 0 radical (unpaired) electrons. The second-order valence-electron chi connectivity index (χ2n) is 14.2. The molecular weight excluding hydrogens is 642 g/mol. The van der Waals surface area contributed by atoms with Crippen molar-refractivity contribution in [2.24, 2.45) is 0 Å². The summed E-state index contributed by atoms with van der Waals surface area (Å²) in [5.74, 6) is -1.58. The fourth-order valence-corrected chi connectivity index (χ4v) is 5.34. The minimum absolute atomic E-state index is 0.0298. The van der Waals surface area contributed by atoms with E-state index in [1.54, 1.807) is 0 Å². The number of nitrogens with zero attached hydrogens (tertiary/aromatic N) is 1. The van der Waals surface area contributed by atoms with Gasteiger partial charge in [0.25, 0.3) is 0 Å². The summed E-state index contributed by atoms with van der Waals surface area (Å²) >= 11 is 0. The average molecular weight is 717 g/mol. The van der Waals surface area contributed by atoms with Gasteiger partial charge in [-0.05, 0) is 64.2 Å². The molecule has 0 saturated heterocycles. The fourth-order valence-electron chi connectivity index (χ4n) is 5.34. The highest BCUT2D eigenvalue weighted by Gasteiger charge is 2.31. The highest BCUT2D eigenvalue weighted by molar-refractivity contribution is 5.72. The molecule has 0 aromatic rings. The average Bonchev–Trinajstić information content (AvgIpc) is 3.08. The van der Waals surface area contributed by atoms with Crippen molar-refractivity contribution in [1.82, 2.24) is 0 Å².